The second kappa shape index (κ2) is 5.46. The van der Waals surface area contributed by atoms with Crippen LogP contribution in [0.3, 0.4) is 0 Å². The van der Waals surface area contributed by atoms with E-state index >= 15 is 0 Å². The van der Waals surface area contributed by atoms with Crippen LogP contribution in [0, 0.1) is 5.92 Å². The molecule has 1 aromatic rings. The zero-order valence-corrected chi connectivity index (χ0v) is 11.7. The van der Waals surface area contributed by atoms with Gasteiger partial charge in [-0.15, -0.1) is 0 Å². The number of piperidine rings is 1. The molecule has 0 aliphatic carbocycles. The van der Waals surface area contributed by atoms with Crippen LogP contribution in [0.25, 0.3) is 0 Å². The number of ketones is 1. The second-order valence-electron chi connectivity index (χ2n) is 6.03. The maximum atomic E-state index is 11.9. The second-order valence-corrected chi connectivity index (χ2v) is 6.03. The molecule has 0 saturated carbocycles. The molecule has 2 aliphatic rings. The molecule has 0 aromatic heterocycles. The lowest BCUT2D eigenvalue weighted by atomic mass is 9.86. The highest BCUT2D eigenvalue weighted by Crippen LogP contribution is 2.40. The summed E-state index contributed by atoms with van der Waals surface area (Å²) in [5.74, 6) is 0.825. The molecule has 2 heterocycles. The van der Waals surface area contributed by atoms with Crippen molar-refractivity contribution in [3.8, 4) is 0 Å². The molecule has 2 heteroatoms. The van der Waals surface area contributed by atoms with Crippen molar-refractivity contribution >= 4 is 5.78 Å². The van der Waals surface area contributed by atoms with Gasteiger partial charge in [0.25, 0.3) is 0 Å². The fourth-order valence-corrected chi connectivity index (χ4v) is 3.88. The average molecular weight is 257 g/mol. The Morgan fingerprint density at radius 3 is 2.37 bits per heavy atom. The first kappa shape index (κ1) is 12.9. The van der Waals surface area contributed by atoms with Crippen LogP contribution < -0.4 is 0 Å². The number of carbonyl (C=O) groups excluding carboxylic acids is 1. The van der Waals surface area contributed by atoms with Crippen LogP contribution in [0.1, 0.15) is 44.6 Å². The third-order valence-electron chi connectivity index (χ3n) is 4.90. The molecule has 2 aliphatic heterocycles. The summed E-state index contributed by atoms with van der Waals surface area (Å²) in [4.78, 5) is 14.6. The Morgan fingerprint density at radius 1 is 1.16 bits per heavy atom. The van der Waals surface area contributed by atoms with E-state index in [1.807, 2.05) is 6.92 Å². The molecule has 2 fully saturated rings. The monoisotopic (exact) mass is 257 g/mol. The van der Waals surface area contributed by atoms with Gasteiger partial charge < -0.3 is 0 Å². The minimum Gasteiger partial charge on any atom is -0.299 e. The summed E-state index contributed by atoms with van der Waals surface area (Å²) in [6.07, 6.45) is 5.46. The number of rotatable bonds is 4. The van der Waals surface area contributed by atoms with Gasteiger partial charge in [-0.3, -0.25) is 9.69 Å². The molecule has 19 heavy (non-hydrogen) atoms. The van der Waals surface area contributed by atoms with Crippen LogP contribution in [0.2, 0.25) is 0 Å². The molecule has 0 amide bonds. The number of nitrogens with zero attached hydrogens (tertiary/aromatic N) is 1. The van der Waals surface area contributed by atoms with Crippen molar-refractivity contribution in [2.45, 2.75) is 57.7 Å². The van der Waals surface area contributed by atoms with Gasteiger partial charge in [-0.2, -0.15) is 0 Å². The van der Waals surface area contributed by atoms with E-state index in [4.69, 9.17) is 0 Å². The highest BCUT2D eigenvalue weighted by Gasteiger charge is 2.41. The highest BCUT2D eigenvalue weighted by molar-refractivity contribution is 5.80. The van der Waals surface area contributed by atoms with Crippen LogP contribution in [-0.2, 0) is 11.3 Å². The van der Waals surface area contributed by atoms with Gasteiger partial charge in [0.15, 0.2) is 0 Å². The lowest BCUT2D eigenvalue weighted by Gasteiger charge is -2.38. The molecule has 1 aromatic carbocycles. The van der Waals surface area contributed by atoms with Crippen molar-refractivity contribution in [1.82, 2.24) is 4.90 Å². The summed E-state index contributed by atoms with van der Waals surface area (Å²) in [6, 6.07) is 12.0. The molecule has 3 rings (SSSR count). The quantitative estimate of drug-likeness (QED) is 0.824. The predicted octanol–water partition coefficient (Wildman–Crippen LogP) is 3.41. The van der Waals surface area contributed by atoms with Crippen LogP contribution in [0.4, 0.5) is 0 Å². The van der Waals surface area contributed by atoms with Crippen LogP contribution in [0.15, 0.2) is 30.3 Å². The summed E-state index contributed by atoms with van der Waals surface area (Å²) in [5.41, 5.74) is 1.40. The molecule has 2 atom stereocenters. The van der Waals surface area contributed by atoms with E-state index in [1.54, 1.807) is 0 Å². The summed E-state index contributed by atoms with van der Waals surface area (Å²) >= 11 is 0. The van der Waals surface area contributed by atoms with Crippen molar-refractivity contribution in [3.05, 3.63) is 35.9 Å². The van der Waals surface area contributed by atoms with Crippen molar-refractivity contribution in [1.29, 1.82) is 0 Å². The van der Waals surface area contributed by atoms with E-state index in [9.17, 15) is 4.79 Å². The molecular formula is C17H23NO. The lowest BCUT2D eigenvalue weighted by Crippen LogP contribution is -2.44. The van der Waals surface area contributed by atoms with Gasteiger partial charge in [0.1, 0.15) is 5.78 Å². The van der Waals surface area contributed by atoms with Gasteiger partial charge in [-0.25, -0.2) is 0 Å². The van der Waals surface area contributed by atoms with Crippen LogP contribution >= 0.6 is 0 Å². The number of hydrogen-bond acceptors (Lipinski definition) is 2. The molecule has 0 N–H and O–H groups in total. The first-order valence-electron chi connectivity index (χ1n) is 7.60. The normalized spacial score (nSPS) is 30.5. The molecule has 2 nitrogen and oxygen atoms in total. The molecular weight excluding hydrogens is 234 g/mol. The van der Waals surface area contributed by atoms with Gasteiger partial charge in [-0.1, -0.05) is 37.3 Å². The number of hydrogen-bond donors (Lipinski definition) is 0. The van der Waals surface area contributed by atoms with Gasteiger partial charge >= 0.3 is 0 Å². The Labute approximate surface area is 115 Å². The summed E-state index contributed by atoms with van der Waals surface area (Å²) in [5, 5.41) is 0. The minimum absolute atomic E-state index is 0.342. The third kappa shape index (κ3) is 2.59. The molecule has 102 valence electrons. The Morgan fingerprint density at radius 2 is 1.79 bits per heavy atom. The standard InChI is InChI=1S/C17H23NO/c1-2-17(19)14-10-15-8-9-16(11-14)18(15)12-13-6-4-3-5-7-13/h3-7,14-16H,2,8-12H2,1H3. The van der Waals surface area contributed by atoms with Gasteiger partial charge in [0.05, 0.1) is 0 Å². The molecule has 0 radical (unpaired) electrons. The summed E-state index contributed by atoms with van der Waals surface area (Å²) in [6.45, 7) is 3.06. The predicted molar refractivity (Wildman–Crippen MR) is 76.8 cm³/mol. The number of fused-ring (bicyclic) bond motifs is 2. The van der Waals surface area contributed by atoms with E-state index in [0.29, 0.717) is 30.2 Å². The Kier molecular flexibility index (Phi) is 3.69. The molecule has 2 bridgehead atoms. The first-order valence-corrected chi connectivity index (χ1v) is 7.60. The topological polar surface area (TPSA) is 20.3 Å². The third-order valence-corrected chi connectivity index (χ3v) is 4.90. The Balaban J connectivity index is 1.68. The van der Waals surface area contributed by atoms with Crippen molar-refractivity contribution in [2.75, 3.05) is 0 Å². The molecule has 0 spiro atoms. The van der Waals surface area contributed by atoms with Gasteiger partial charge in [0, 0.05) is 31.0 Å². The van der Waals surface area contributed by atoms with Crippen molar-refractivity contribution < 1.29 is 4.79 Å². The zero-order valence-electron chi connectivity index (χ0n) is 11.7. The largest absolute Gasteiger partial charge is 0.299 e. The van der Waals surface area contributed by atoms with Crippen molar-refractivity contribution in [3.63, 3.8) is 0 Å². The minimum atomic E-state index is 0.342. The lowest BCUT2D eigenvalue weighted by molar-refractivity contribution is -0.125. The smallest absolute Gasteiger partial charge is 0.135 e. The fourth-order valence-electron chi connectivity index (χ4n) is 3.88. The SMILES string of the molecule is CCC(=O)C1CC2CCC(C1)N2Cc1ccccc1. The van der Waals surface area contributed by atoms with E-state index in [1.165, 1.54) is 18.4 Å². The maximum absolute atomic E-state index is 11.9. The molecule has 2 unspecified atom stereocenters. The fraction of sp³-hybridized carbons (Fsp3) is 0.588. The van der Waals surface area contributed by atoms with Gasteiger partial charge in [-0.05, 0) is 31.2 Å². The first-order chi connectivity index (χ1) is 9.28. The van der Waals surface area contributed by atoms with E-state index in [0.717, 1.165) is 19.4 Å². The average Bonchev–Trinajstić information content (AvgIpc) is 2.69. The Bertz CT molecular complexity index is 428. The van der Waals surface area contributed by atoms with Gasteiger partial charge in [0.2, 0.25) is 0 Å². The Hall–Kier alpha value is -1.15. The van der Waals surface area contributed by atoms with Crippen LogP contribution in [0.5, 0.6) is 0 Å². The summed E-state index contributed by atoms with van der Waals surface area (Å²) in [7, 11) is 0. The molecule has 2 saturated heterocycles. The van der Waals surface area contributed by atoms with E-state index in [2.05, 4.69) is 35.2 Å². The zero-order chi connectivity index (χ0) is 13.2. The number of benzene rings is 1. The van der Waals surface area contributed by atoms with Crippen molar-refractivity contribution in [2.24, 2.45) is 5.92 Å². The van der Waals surface area contributed by atoms with E-state index < -0.39 is 0 Å². The number of carbonyl (C=O) groups is 1. The summed E-state index contributed by atoms with van der Waals surface area (Å²) < 4.78 is 0. The maximum Gasteiger partial charge on any atom is 0.135 e. The number of Topliss-reactive ketones (excluding diaryl/α,β-unsaturated/α-hetero) is 1. The van der Waals surface area contributed by atoms with Crippen LogP contribution in [-0.4, -0.2) is 22.8 Å². The van der Waals surface area contributed by atoms with E-state index in [-0.39, 0.29) is 0 Å². The highest BCUT2D eigenvalue weighted by atomic mass is 16.1.